The van der Waals surface area contributed by atoms with Gasteiger partial charge < -0.3 is 10.6 Å². The van der Waals surface area contributed by atoms with Crippen LogP contribution in [-0.2, 0) is 0 Å². The van der Waals surface area contributed by atoms with Gasteiger partial charge in [0.15, 0.2) is 11.6 Å². The molecular weight excluding hydrogens is 375 g/mol. The molecule has 120 valence electrons. The van der Waals surface area contributed by atoms with E-state index < -0.39 is 5.82 Å². The number of carbonyl (C=O) groups is 1. The van der Waals surface area contributed by atoms with E-state index in [2.05, 4.69) is 36.8 Å². The van der Waals surface area contributed by atoms with Gasteiger partial charge in [0.25, 0.3) is 5.91 Å². The number of para-hydroxylation sites is 1. The van der Waals surface area contributed by atoms with Gasteiger partial charge in [-0.2, -0.15) is 0 Å². The Hall–Kier alpha value is -2.80. The minimum atomic E-state index is -0.395. The van der Waals surface area contributed by atoms with Crippen LogP contribution in [0.15, 0.2) is 65.1 Å². The first kappa shape index (κ1) is 16.1. The van der Waals surface area contributed by atoms with Crippen LogP contribution in [0.1, 0.15) is 10.4 Å². The maximum Gasteiger partial charge on any atom is 0.256 e. The Balaban J connectivity index is 1.67. The van der Waals surface area contributed by atoms with Crippen LogP contribution in [0.25, 0.3) is 0 Å². The number of anilines is 3. The summed E-state index contributed by atoms with van der Waals surface area (Å²) in [6, 6.07) is 16.2. The molecule has 5 nitrogen and oxygen atoms in total. The van der Waals surface area contributed by atoms with Crippen LogP contribution in [0.2, 0.25) is 0 Å². The maximum absolute atomic E-state index is 12.9. The number of benzene rings is 2. The first-order chi connectivity index (χ1) is 11.6. The van der Waals surface area contributed by atoms with Gasteiger partial charge in [-0.15, -0.1) is 10.2 Å². The molecule has 0 bridgehead atoms. The summed E-state index contributed by atoms with van der Waals surface area (Å²) < 4.78 is 13.8. The lowest BCUT2D eigenvalue weighted by atomic mass is 10.2. The summed E-state index contributed by atoms with van der Waals surface area (Å²) in [5.41, 5.74) is 1.20. The Morgan fingerprint density at radius 2 is 1.58 bits per heavy atom. The smallest absolute Gasteiger partial charge is 0.256 e. The lowest BCUT2D eigenvalue weighted by Gasteiger charge is -2.08. The van der Waals surface area contributed by atoms with Crippen molar-refractivity contribution in [3.63, 3.8) is 0 Å². The van der Waals surface area contributed by atoms with Gasteiger partial charge in [0.05, 0.1) is 5.69 Å². The zero-order valence-corrected chi connectivity index (χ0v) is 13.9. The molecule has 0 atom stereocenters. The van der Waals surface area contributed by atoms with E-state index in [1.807, 2.05) is 24.3 Å². The number of nitrogens with one attached hydrogen (secondary N) is 2. The molecule has 0 unspecified atom stereocenters. The fourth-order valence-electron chi connectivity index (χ4n) is 1.96. The van der Waals surface area contributed by atoms with E-state index >= 15 is 0 Å². The molecule has 3 aromatic rings. The van der Waals surface area contributed by atoms with Crippen molar-refractivity contribution in [1.29, 1.82) is 0 Å². The predicted octanol–water partition coefficient (Wildman–Crippen LogP) is 4.37. The summed E-state index contributed by atoms with van der Waals surface area (Å²) in [6.45, 7) is 0. The molecule has 2 aromatic carbocycles. The van der Waals surface area contributed by atoms with E-state index in [9.17, 15) is 9.18 Å². The van der Waals surface area contributed by atoms with Gasteiger partial charge in [0.1, 0.15) is 5.82 Å². The number of carbonyl (C=O) groups excluding carboxylic acids is 1. The Morgan fingerprint density at radius 3 is 2.25 bits per heavy atom. The van der Waals surface area contributed by atoms with E-state index in [1.54, 1.807) is 12.1 Å². The van der Waals surface area contributed by atoms with E-state index in [-0.39, 0.29) is 5.91 Å². The second-order valence-corrected chi connectivity index (χ2v) is 5.72. The minimum absolute atomic E-state index is 0.307. The second kappa shape index (κ2) is 7.18. The third kappa shape index (κ3) is 3.94. The van der Waals surface area contributed by atoms with Crippen molar-refractivity contribution in [2.75, 3.05) is 10.6 Å². The van der Waals surface area contributed by atoms with Crippen LogP contribution < -0.4 is 10.6 Å². The van der Waals surface area contributed by atoms with Crippen molar-refractivity contribution >= 4 is 39.2 Å². The molecule has 0 aliphatic heterocycles. The van der Waals surface area contributed by atoms with Gasteiger partial charge in [-0.05, 0) is 64.5 Å². The standard InChI is InChI=1S/C17H12BrFN4O/c18-13-3-1-2-4-14(13)20-15-9-10-16(23-22-15)21-17(24)11-5-7-12(19)8-6-11/h1-10H,(H,20,22)(H,21,23,24). The third-order valence-electron chi connectivity index (χ3n) is 3.15. The summed E-state index contributed by atoms with van der Waals surface area (Å²) in [6.07, 6.45) is 0. The van der Waals surface area contributed by atoms with Crippen LogP contribution in [0.5, 0.6) is 0 Å². The van der Waals surface area contributed by atoms with Crippen molar-refractivity contribution in [3.05, 3.63) is 76.5 Å². The zero-order chi connectivity index (χ0) is 16.9. The Bertz CT molecular complexity index is 853. The maximum atomic E-state index is 12.9. The highest BCUT2D eigenvalue weighted by Gasteiger charge is 2.08. The fraction of sp³-hybridized carbons (Fsp3) is 0. The molecule has 0 aliphatic carbocycles. The number of nitrogens with zero attached hydrogens (tertiary/aromatic N) is 2. The summed E-state index contributed by atoms with van der Waals surface area (Å²) in [4.78, 5) is 12.0. The number of rotatable bonds is 4. The van der Waals surface area contributed by atoms with Crippen LogP contribution in [-0.4, -0.2) is 16.1 Å². The van der Waals surface area contributed by atoms with Crippen molar-refractivity contribution in [2.24, 2.45) is 0 Å². The molecule has 2 N–H and O–H groups in total. The van der Waals surface area contributed by atoms with Gasteiger partial charge in [-0.1, -0.05) is 12.1 Å². The summed E-state index contributed by atoms with van der Waals surface area (Å²) in [5, 5.41) is 13.7. The average Bonchev–Trinajstić information content (AvgIpc) is 2.59. The summed E-state index contributed by atoms with van der Waals surface area (Å²) in [7, 11) is 0. The molecule has 0 saturated heterocycles. The van der Waals surface area contributed by atoms with Gasteiger partial charge in [-0.3, -0.25) is 4.79 Å². The number of amides is 1. The molecule has 1 amide bonds. The van der Waals surface area contributed by atoms with Gasteiger partial charge >= 0.3 is 0 Å². The SMILES string of the molecule is O=C(Nc1ccc(Nc2ccccc2Br)nn1)c1ccc(F)cc1. The average molecular weight is 387 g/mol. The summed E-state index contributed by atoms with van der Waals surface area (Å²) in [5.74, 6) is 0.0772. The van der Waals surface area contributed by atoms with Crippen LogP contribution >= 0.6 is 15.9 Å². The molecule has 0 radical (unpaired) electrons. The molecular formula is C17H12BrFN4O. The molecule has 1 heterocycles. The van der Waals surface area contributed by atoms with Crippen molar-refractivity contribution in [1.82, 2.24) is 10.2 Å². The monoisotopic (exact) mass is 386 g/mol. The Kier molecular flexibility index (Phi) is 4.81. The van der Waals surface area contributed by atoms with Crippen LogP contribution in [0, 0.1) is 5.82 Å². The van der Waals surface area contributed by atoms with Gasteiger partial charge in [0.2, 0.25) is 0 Å². The third-order valence-corrected chi connectivity index (χ3v) is 3.84. The predicted molar refractivity (Wildman–Crippen MR) is 93.8 cm³/mol. The fourth-order valence-corrected chi connectivity index (χ4v) is 2.34. The number of hydrogen-bond acceptors (Lipinski definition) is 4. The van der Waals surface area contributed by atoms with Crippen molar-refractivity contribution in [2.45, 2.75) is 0 Å². The molecule has 0 aliphatic rings. The highest BCUT2D eigenvalue weighted by atomic mass is 79.9. The Labute approximate surface area is 146 Å². The zero-order valence-electron chi connectivity index (χ0n) is 12.3. The Morgan fingerprint density at radius 1 is 0.917 bits per heavy atom. The largest absolute Gasteiger partial charge is 0.338 e. The van der Waals surface area contributed by atoms with Gasteiger partial charge in [-0.25, -0.2) is 4.39 Å². The molecule has 0 fully saturated rings. The molecule has 7 heteroatoms. The number of halogens is 2. The molecule has 3 rings (SSSR count). The van der Waals surface area contributed by atoms with E-state index in [1.165, 1.54) is 24.3 Å². The summed E-state index contributed by atoms with van der Waals surface area (Å²) >= 11 is 3.44. The highest BCUT2D eigenvalue weighted by molar-refractivity contribution is 9.10. The minimum Gasteiger partial charge on any atom is -0.338 e. The number of aromatic nitrogens is 2. The first-order valence-electron chi connectivity index (χ1n) is 7.04. The van der Waals surface area contributed by atoms with E-state index in [0.29, 0.717) is 17.2 Å². The van der Waals surface area contributed by atoms with Crippen LogP contribution in [0.3, 0.4) is 0 Å². The molecule has 0 saturated carbocycles. The lowest BCUT2D eigenvalue weighted by Crippen LogP contribution is -2.13. The van der Waals surface area contributed by atoms with Crippen LogP contribution in [0.4, 0.5) is 21.7 Å². The van der Waals surface area contributed by atoms with Gasteiger partial charge in [0, 0.05) is 10.0 Å². The molecule has 0 spiro atoms. The van der Waals surface area contributed by atoms with Crippen molar-refractivity contribution < 1.29 is 9.18 Å². The van der Waals surface area contributed by atoms with Crippen molar-refractivity contribution in [3.8, 4) is 0 Å². The quantitative estimate of drug-likeness (QED) is 0.698. The molecule has 1 aromatic heterocycles. The second-order valence-electron chi connectivity index (χ2n) is 4.87. The lowest BCUT2D eigenvalue weighted by molar-refractivity contribution is 0.102. The van der Waals surface area contributed by atoms with E-state index in [0.717, 1.165) is 10.2 Å². The topological polar surface area (TPSA) is 66.9 Å². The first-order valence-corrected chi connectivity index (χ1v) is 7.83. The normalized spacial score (nSPS) is 10.2. The highest BCUT2D eigenvalue weighted by Crippen LogP contribution is 2.24. The molecule has 24 heavy (non-hydrogen) atoms. The number of hydrogen-bond donors (Lipinski definition) is 2. The van der Waals surface area contributed by atoms with E-state index in [4.69, 9.17) is 0 Å².